The van der Waals surface area contributed by atoms with Crippen molar-refractivity contribution >= 4 is 16.8 Å². The molecule has 0 fully saturated rings. The van der Waals surface area contributed by atoms with Crippen molar-refractivity contribution in [2.45, 2.75) is 51.6 Å². The zero-order valence-corrected chi connectivity index (χ0v) is 17.1. The Kier molecular flexibility index (Phi) is 5.78. The molecule has 2 aromatic heterocycles. The van der Waals surface area contributed by atoms with Crippen LogP contribution in [0.2, 0.25) is 0 Å². The van der Waals surface area contributed by atoms with Crippen LogP contribution in [0.4, 0.5) is 8.78 Å². The second-order valence-corrected chi connectivity index (χ2v) is 7.60. The average molecular weight is 412 g/mol. The van der Waals surface area contributed by atoms with E-state index in [1.165, 1.54) is 0 Å². The van der Waals surface area contributed by atoms with Gasteiger partial charge in [0.1, 0.15) is 11.9 Å². The lowest BCUT2D eigenvalue weighted by molar-refractivity contribution is -0.143. The van der Waals surface area contributed by atoms with E-state index in [4.69, 9.17) is 5.26 Å². The quantitative estimate of drug-likeness (QED) is 0.668. The maximum Gasteiger partial charge on any atom is 0.321 e. The number of amides is 1. The van der Waals surface area contributed by atoms with Crippen molar-refractivity contribution in [2.75, 3.05) is 0 Å². The number of carbonyl (C=O) groups excluding carboxylic acids is 1. The molecule has 156 valence electrons. The molecule has 0 radical (unpaired) electrons. The van der Waals surface area contributed by atoms with Crippen LogP contribution >= 0.6 is 0 Å². The number of nitrogens with one attached hydrogen (secondary N) is 1. The van der Waals surface area contributed by atoms with Crippen molar-refractivity contribution in [2.24, 2.45) is 0 Å². The van der Waals surface area contributed by atoms with E-state index in [1.807, 2.05) is 13.8 Å². The van der Waals surface area contributed by atoms with Crippen LogP contribution in [0.25, 0.3) is 10.9 Å². The van der Waals surface area contributed by atoms with Crippen LogP contribution in [-0.2, 0) is 4.79 Å². The van der Waals surface area contributed by atoms with Crippen LogP contribution in [0.5, 0.6) is 0 Å². The van der Waals surface area contributed by atoms with Crippen LogP contribution in [0.1, 0.15) is 56.6 Å². The lowest BCUT2D eigenvalue weighted by Gasteiger charge is -2.27. The summed E-state index contributed by atoms with van der Waals surface area (Å²) in [6.07, 6.45) is 4.84. The molecule has 1 N–H and O–H groups in total. The highest BCUT2D eigenvalue weighted by atomic mass is 19.3. The molecule has 0 aliphatic carbocycles. The van der Waals surface area contributed by atoms with E-state index in [0.717, 1.165) is 5.39 Å². The first-order valence-electron chi connectivity index (χ1n) is 9.49. The summed E-state index contributed by atoms with van der Waals surface area (Å²) in [6.45, 7) is 6.11. The average Bonchev–Trinajstić information content (AvgIpc) is 3.10. The number of nitriles is 1. The number of halogens is 2. The predicted molar refractivity (Wildman–Crippen MR) is 107 cm³/mol. The number of fused-ring (bicyclic) bond motifs is 1. The number of benzene rings is 1. The molecular formula is C21H22F2N6O. The molecule has 0 saturated heterocycles. The van der Waals surface area contributed by atoms with Crippen LogP contribution in [-0.4, -0.2) is 37.6 Å². The standard InChI is InChI=1S/C21H22F2N6O/c1-12(2)19-25-9-16(10-26-19)18(13(3)28-20(30)21(4,22)23)29-17-6-5-14(8-24)7-15(17)11-27-29/h5-7,9-13,18H,1-4H3,(H,28,30)/t13-,18-/m0/s1. The van der Waals surface area contributed by atoms with Gasteiger partial charge in [-0.2, -0.15) is 19.1 Å². The highest BCUT2D eigenvalue weighted by Gasteiger charge is 2.35. The van der Waals surface area contributed by atoms with Gasteiger partial charge in [0, 0.05) is 36.2 Å². The number of rotatable bonds is 6. The van der Waals surface area contributed by atoms with Crippen molar-refractivity contribution in [3.63, 3.8) is 0 Å². The number of hydrogen-bond acceptors (Lipinski definition) is 5. The topological polar surface area (TPSA) is 96.5 Å². The fourth-order valence-corrected chi connectivity index (χ4v) is 3.20. The van der Waals surface area contributed by atoms with Crippen LogP contribution < -0.4 is 5.32 Å². The summed E-state index contributed by atoms with van der Waals surface area (Å²) in [5.41, 5.74) is 1.78. The van der Waals surface area contributed by atoms with Crippen molar-refractivity contribution in [3.8, 4) is 6.07 Å². The molecule has 1 aromatic carbocycles. The lowest BCUT2D eigenvalue weighted by Crippen LogP contribution is -2.46. The van der Waals surface area contributed by atoms with Gasteiger partial charge in [0.2, 0.25) is 0 Å². The molecule has 0 spiro atoms. The second-order valence-electron chi connectivity index (χ2n) is 7.60. The highest BCUT2D eigenvalue weighted by molar-refractivity contribution is 5.83. The van der Waals surface area contributed by atoms with Crippen molar-refractivity contribution in [1.29, 1.82) is 5.26 Å². The van der Waals surface area contributed by atoms with Crippen molar-refractivity contribution in [1.82, 2.24) is 25.1 Å². The molecule has 9 heteroatoms. The van der Waals surface area contributed by atoms with Crippen molar-refractivity contribution < 1.29 is 13.6 Å². The Balaban J connectivity index is 2.08. The molecule has 2 heterocycles. The summed E-state index contributed by atoms with van der Waals surface area (Å²) in [6, 6.07) is 5.78. The third kappa shape index (κ3) is 4.27. The van der Waals surface area contributed by atoms with Gasteiger partial charge in [-0.25, -0.2) is 9.97 Å². The lowest BCUT2D eigenvalue weighted by atomic mass is 10.0. The highest BCUT2D eigenvalue weighted by Crippen LogP contribution is 2.27. The normalized spacial score (nSPS) is 13.8. The number of aromatic nitrogens is 4. The molecule has 0 aliphatic rings. The van der Waals surface area contributed by atoms with Gasteiger partial charge in [-0.05, 0) is 25.1 Å². The van der Waals surface area contributed by atoms with E-state index in [0.29, 0.717) is 29.4 Å². The minimum absolute atomic E-state index is 0.128. The van der Waals surface area contributed by atoms with E-state index in [1.54, 1.807) is 48.4 Å². The maximum absolute atomic E-state index is 13.5. The third-order valence-corrected chi connectivity index (χ3v) is 4.77. The fraction of sp³-hybridized carbons (Fsp3) is 0.381. The fourth-order valence-electron chi connectivity index (χ4n) is 3.20. The number of alkyl halides is 2. The Morgan fingerprint density at radius 1 is 1.20 bits per heavy atom. The largest absolute Gasteiger partial charge is 0.346 e. The van der Waals surface area contributed by atoms with E-state index in [9.17, 15) is 13.6 Å². The molecular weight excluding hydrogens is 390 g/mol. The Morgan fingerprint density at radius 2 is 1.87 bits per heavy atom. The van der Waals surface area contributed by atoms with Crippen LogP contribution in [0.15, 0.2) is 36.8 Å². The monoisotopic (exact) mass is 412 g/mol. The summed E-state index contributed by atoms with van der Waals surface area (Å²) in [4.78, 5) is 20.7. The zero-order chi connectivity index (χ0) is 22.1. The Labute approximate surface area is 172 Å². The molecule has 3 rings (SSSR count). The first-order valence-corrected chi connectivity index (χ1v) is 9.49. The van der Waals surface area contributed by atoms with E-state index >= 15 is 0 Å². The molecule has 0 unspecified atom stereocenters. The van der Waals surface area contributed by atoms with Gasteiger partial charge < -0.3 is 5.32 Å². The Hall–Kier alpha value is -3.41. The minimum Gasteiger partial charge on any atom is -0.346 e. The summed E-state index contributed by atoms with van der Waals surface area (Å²) >= 11 is 0. The molecule has 2 atom stereocenters. The third-order valence-electron chi connectivity index (χ3n) is 4.77. The molecule has 0 bridgehead atoms. The molecule has 0 aliphatic heterocycles. The van der Waals surface area contributed by atoms with Crippen LogP contribution in [0.3, 0.4) is 0 Å². The van der Waals surface area contributed by atoms with E-state index in [-0.39, 0.29) is 5.92 Å². The Bertz CT molecular complexity index is 1100. The first-order chi connectivity index (χ1) is 14.1. The summed E-state index contributed by atoms with van der Waals surface area (Å²) < 4.78 is 28.6. The van der Waals surface area contributed by atoms with Gasteiger partial charge in [0.15, 0.2) is 0 Å². The second kappa shape index (κ2) is 8.14. The van der Waals surface area contributed by atoms with Gasteiger partial charge in [-0.3, -0.25) is 9.48 Å². The SMILES string of the molecule is CC(C)c1ncc([C@H]([C@H](C)NC(=O)C(C)(F)F)n2ncc3cc(C#N)ccc32)cn1. The Morgan fingerprint density at radius 3 is 2.43 bits per heavy atom. The first kappa shape index (κ1) is 21.3. The molecule has 7 nitrogen and oxygen atoms in total. The van der Waals surface area contributed by atoms with Gasteiger partial charge in [-0.1, -0.05) is 13.8 Å². The number of carbonyl (C=O) groups is 1. The van der Waals surface area contributed by atoms with Gasteiger partial charge in [0.05, 0.1) is 29.4 Å². The maximum atomic E-state index is 13.5. The van der Waals surface area contributed by atoms with E-state index < -0.39 is 23.9 Å². The summed E-state index contributed by atoms with van der Waals surface area (Å²) in [5.74, 6) is -4.10. The van der Waals surface area contributed by atoms with E-state index in [2.05, 4.69) is 26.5 Å². The molecule has 30 heavy (non-hydrogen) atoms. The molecule has 3 aromatic rings. The molecule has 1 amide bonds. The van der Waals surface area contributed by atoms with Gasteiger partial charge in [-0.15, -0.1) is 0 Å². The number of hydrogen-bond donors (Lipinski definition) is 1. The minimum atomic E-state index is -3.51. The van der Waals surface area contributed by atoms with Crippen LogP contribution in [0, 0.1) is 11.3 Å². The summed E-state index contributed by atoms with van der Waals surface area (Å²) in [5, 5.41) is 16.6. The molecule has 0 saturated carbocycles. The smallest absolute Gasteiger partial charge is 0.321 e. The summed E-state index contributed by atoms with van der Waals surface area (Å²) in [7, 11) is 0. The van der Waals surface area contributed by atoms with Crippen molar-refractivity contribution in [3.05, 3.63) is 53.7 Å². The van der Waals surface area contributed by atoms with Gasteiger partial charge >= 0.3 is 5.92 Å². The number of nitrogens with zero attached hydrogens (tertiary/aromatic N) is 5. The predicted octanol–water partition coefficient (Wildman–Crippen LogP) is 3.57. The van der Waals surface area contributed by atoms with Gasteiger partial charge in [0.25, 0.3) is 5.91 Å². The zero-order valence-electron chi connectivity index (χ0n) is 17.1.